The maximum atomic E-state index is 11.0. The minimum absolute atomic E-state index is 0.156. The normalized spacial score (nSPS) is 14.0. The van der Waals surface area contributed by atoms with Crippen LogP contribution in [0, 0.1) is 6.92 Å². The third-order valence-electron chi connectivity index (χ3n) is 2.98. The van der Waals surface area contributed by atoms with Gasteiger partial charge in [0.25, 0.3) is 0 Å². The number of hydrogen-bond donors (Lipinski definition) is 1. The molecule has 1 aromatic rings. The quantitative estimate of drug-likeness (QED) is 0.727. The summed E-state index contributed by atoms with van der Waals surface area (Å²) in [6, 6.07) is 6.99. The van der Waals surface area contributed by atoms with E-state index in [1.165, 1.54) is 16.7 Å². The lowest BCUT2D eigenvalue weighted by atomic mass is 10.1. The monoisotopic (exact) mass is 307 g/mol. The average molecular weight is 307 g/mol. The number of alkyl halides is 1. The number of nitrogens with two attached hydrogens (primary N) is 1. The molecule has 0 saturated carbocycles. The van der Waals surface area contributed by atoms with Crippen molar-refractivity contribution in [1.29, 1.82) is 0 Å². The molecule has 22 heavy (non-hydrogen) atoms. The van der Waals surface area contributed by atoms with E-state index in [1.54, 1.807) is 12.2 Å². The van der Waals surface area contributed by atoms with Crippen LogP contribution in [0.5, 0.6) is 0 Å². The Balaban J connectivity index is 0. The third kappa shape index (κ3) is 11.3. The molecule has 1 nitrogen and oxygen atoms in total. The first kappa shape index (κ1) is 22.9. The van der Waals surface area contributed by atoms with Gasteiger partial charge in [0.2, 0.25) is 0 Å². The summed E-state index contributed by atoms with van der Waals surface area (Å²) >= 11 is 0. The van der Waals surface area contributed by atoms with Crippen LogP contribution >= 0.6 is 0 Å². The van der Waals surface area contributed by atoms with Gasteiger partial charge in [0.15, 0.2) is 0 Å². The van der Waals surface area contributed by atoms with Gasteiger partial charge < -0.3 is 5.73 Å². The lowest BCUT2D eigenvalue weighted by molar-refractivity contribution is 0.469. The summed E-state index contributed by atoms with van der Waals surface area (Å²) in [5.41, 5.74) is 10.1. The molecule has 2 heteroatoms. The van der Waals surface area contributed by atoms with Gasteiger partial charge in [-0.05, 0) is 37.3 Å². The maximum Gasteiger partial charge on any atom is 0.0894 e. The van der Waals surface area contributed by atoms with E-state index in [1.807, 2.05) is 20.8 Å². The molecule has 2 rings (SSSR count). The molecule has 1 aliphatic carbocycles. The number of unbranched alkanes of at least 4 members (excludes halogenated alkanes) is 1. The number of aryl methyl sites for hydroxylation is 1. The summed E-state index contributed by atoms with van der Waals surface area (Å²) in [6.45, 7) is 14.7. The molecule has 126 valence electrons. The number of rotatable bonds is 3. The van der Waals surface area contributed by atoms with Gasteiger partial charge in [-0.1, -0.05) is 76.3 Å². The molecule has 1 aromatic carbocycles. The van der Waals surface area contributed by atoms with Crippen molar-refractivity contribution in [2.75, 3.05) is 6.67 Å². The fraction of sp³-hybridized carbons (Fsp3) is 0.500. The SMILES string of the molecule is C=CC=C.CC.CCCCF.Cc1ccc2c(c1)CC(N)C2. The molecule has 0 amide bonds. The summed E-state index contributed by atoms with van der Waals surface area (Å²) in [5.74, 6) is 0. The zero-order chi connectivity index (χ0) is 17.4. The smallest absolute Gasteiger partial charge is 0.0894 e. The van der Waals surface area contributed by atoms with Crippen molar-refractivity contribution in [2.45, 2.75) is 59.4 Å². The Kier molecular flexibility index (Phi) is 16.6. The second kappa shape index (κ2) is 16.0. The first-order valence-corrected chi connectivity index (χ1v) is 8.22. The molecule has 0 spiro atoms. The Morgan fingerprint density at radius 2 is 1.73 bits per heavy atom. The van der Waals surface area contributed by atoms with Crippen LogP contribution in [0.1, 0.15) is 50.3 Å². The van der Waals surface area contributed by atoms with E-state index >= 15 is 0 Å². The van der Waals surface area contributed by atoms with Gasteiger partial charge in [0.1, 0.15) is 0 Å². The minimum atomic E-state index is -0.156. The fourth-order valence-electron chi connectivity index (χ4n) is 1.91. The predicted molar refractivity (Wildman–Crippen MR) is 99.2 cm³/mol. The van der Waals surface area contributed by atoms with Crippen LogP contribution < -0.4 is 5.73 Å². The summed E-state index contributed by atoms with van der Waals surface area (Å²) in [4.78, 5) is 0. The van der Waals surface area contributed by atoms with Crippen molar-refractivity contribution in [3.63, 3.8) is 0 Å². The molecule has 0 bridgehead atoms. The maximum absolute atomic E-state index is 11.0. The van der Waals surface area contributed by atoms with E-state index in [0.29, 0.717) is 6.04 Å². The highest BCUT2D eigenvalue weighted by atomic mass is 19.1. The second-order valence-corrected chi connectivity index (χ2v) is 4.95. The van der Waals surface area contributed by atoms with Gasteiger partial charge in [0.05, 0.1) is 6.67 Å². The van der Waals surface area contributed by atoms with E-state index in [-0.39, 0.29) is 6.67 Å². The lowest BCUT2D eigenvalue weighted by Gasteiger charge is -1.97. The average Bonchev–Trinajstić information content (AvgIpc) is 2.90. The number of hydrogen-bond acceptors (Lipinski definition) is 1. The van der Waals surface area contributed by atoms with Crippen molar-refractivity contribution >= 4 is 0 Å². The molecule has 0 aromatic heterocycles. The molecule has 0 aliphatic heterocycles. The Labute approximate surface area is 137 Å². The highest BCUT2D eigenvalue weighted by Gasteiger charge is 2.16. The highest BCUT2D eigenvalue weighted by molar-refractivity contribution is 5.36. The largest absolute Gasteiger partial charge is 0.327 e. The van der Waals surface area contributed by atoms with Crippen molar-refractivity contribution in [2.24, 2.45) is 5.73 Å². The molecular formula is C20H34FN. The van der Waals surface area contributed by atoms with E-state index < -0.39 is 0 Å². The van der Waals surface area contributed by atoms with Crippen molar-refractivity contribution in [1.82, 2.24) is 0 Å². The molecule has 1 unspecified atom stereocenters. The van der Waals surface area contributed by atoms with Crippen LogP contribution in [0.25, 0.3) is 0 Å². The topological polar surface area (TPSA) is 26.0 Å². The molecule has 1 atom stereocenters. The lowest BCUT2D eigenvalue weighted by Crippen LogP contribution is -2.18. The summed E-state index contributed by atoms with van der Waals surface area (Å²) in [5, 5.41) is 0. The van der Waals surface area contributed by atoms with Crippen LogP contribution in [-0.4, -0.2) is 12.7 Å². The van der Waals surface area contributed by atoms with Crippen molar-refractivity contribution in [3.8, 4) is 0 Å². The zero-order valence-electron chi connectivity index (χ0n) is 14.9. The fourth-order valence-corrected chi connectivity index (χ4v) is 1.91. The van der Waals surface area contributed by atoms with Gasteiger partial charge in [-0.25, -0.2) is 0 Å². The van der Waals surface area contributed by atoms with Crippen LogP contribution in [0.15, 0.2) is 43.5 Å². The molecule has 0 radical (unpaired) electrons. The van der Waals surface area contributed by atoms with E-state index in [0.717, 1.165) is 25.7 Å². The number of fused-ring (bicyclic) bond motifs is 1. The number of allylic oxidation sites excluding steroid dienone is 2. The van der Waals surface area contributed by atoms with Gasteiger partial charge in [-0.3, -0.25) is 4.39 Å². The minimum Gasteiger partial charge on any atom is -0.327 e. The second-order valence-electron chi connectivity index (χ2n) is 4.95. The number of benzene rings is 1. The van der Waals surface area contributed by atoms with E-state index in [9.17, 15) is 4.39 Å². The van der Waals surface area contributed by atoms with Gasteiger partial charge in [-0.15, -0.1) is 0 Å². The molecular weight excluding hydrogens is 273 g/mol. The van der Waals surface area contributed by atoms with Gasteiger partial charge in [0, 0.05) is 6.04 Å². The first-order valence-electron chi connectivity index (χ1n) is 8.22. The molecule has 2 N–H and O–H groups in total. The van der Waals surface area contributed by atoms with Crippen LogP contribution in [0.3, 0.4) is 0 Å². The predicted octanol–water partition coefficient (Wildman–Crippen LogP) is 5.56. The van der Waals surface area contributed by atoms with Crippen molar-refractivity contribution < 1.29 is 4.39 Å². The molecule has 1 aliphatic rings. The molecule has 0 heterocycles. The van der Waals surface area contributed by atoms with Crippen LogP contribution in [0.4, 0.5) is 4.39 Å². The Morgan fingerprint density at radius 1 is 1.18 bits per heavy atom. The Bertz CT molecular complexity index is 391. The summed E-state index contributed by atoms with van der Waals surface area (Å²) in [7, 11) is 0. The van der Waals surface area contributed by atoms with Crippen LogP contribution in [0.2, 0.25) is 0 Å². The Morgan fingerprint density at radius 3 is 2.14 bits per heavy atom. The standard InChI is InChI=1S/C10H13N.C4H9F.C4H6.C2H6/c1-7-2-3-8-5-10(11)6-9(8)4-7;1-2-3-4-5;1-3-4-2;1-2/h2-4,10H,5-6,11H2,1H3;2-4H2,1H3;3-4H,1-2H2;1-2H3. The van der Waals surface area contributed by atoms with E-state index in [4.69, 9.17) is 5.73 Å². The van der Waals surface area contributed by atoms with E-state index in [2.05, 4.69) is 38.3 Å². The highest BCUT2D eigenvalue weighted by Crippen LogP contribution is 2.21. The van der Waals surface area contributed by atoms with Crippen LogP contribution in [-0.2, 0) is 12.8 Å². The Hall–Kier alpha value is -1.41. The van der Waals surface area contributed by atoms with Gasteiger partial charge >= 0.3 is 0 Å². The zero-order valence-corrected chi connectivity index (χ0v) is 14.9. The molecule has 0 saturated heterocycles. The third-order valence-corrected chi connectivity index (χ3v) is 2.98. The summed E-state index contributed by atoms with van der Waals surface area (Å²) in [6.07, 6.45) is 7.10. The summed E-state index contributed by atoms with van der Waals surface area (Å²) < 4.78 is 11.0. The number of halogens is 1. The van der Waals surface area contributed by atoms with Gasteiger partial charge in [-0.2, -0.15) is 0 Å². The first-order chi connectivity index (χ1) is 10.6. The molecule has 0 fully saturated rings. The van der Waals surface area contributed by atoms with Crippen molar-refractivity contribution in [3.05, 3.63) is 60.2 Å².